The first-order valence-electron chi connectivity index (χ1n) is 6.59. The van der Waals surface area contributed by atoms with Crippen molar-refractivity contribution in [1.29, 1.82) is 0 Å². The van der Waals surface area contributed by atoms with E-state index in [1.165, 1.54) is 16.1 Å². The molecule has 18 heavy (non-hydrogen) atoms. The quantitative estimate of drug-likeness (QED) is 0.786. The van der Waals surface area contributed by atoms with Crippen molar-refractivity contribution in [2.45, 2.75) is 33.2 Å². The largest absolute Gasteiger partial charge is 0.377 e. The van der Waals surface area contributed by atoms with Gasteiger partial charge in [-0.1, -0.05) is 39.0 Å². The van der Waals surface area contributed by atoms with Crippen molar-refractivity contribution in [3.8, 4) is 0 Å². The standard InChI is InChI=1S/C16H21NS/c1-4-13-7-5-8-14(11-13)17-16(12(2)3)15-9-6-10-18-15/h5-12,16-17H,4H2,1-3H3. The lowest BCUT2D eigenvalue weighted by molar-refractivity contribution is 0.554. The summed E-state index contributed by atoms with van der Waals surface area (Å²) >= 11 is 1.83. The second kappa shape index (κ2) is 6.05. The van der Waals surface area contributed by atoms with E-state index in [0.29, 0.717) is 12.0 Å². The van der Waals surface area contributed by atoms with E-state index in [1.807, 2.05) is 11.3 Å². The number of benzene rings is 1. The molecule has 96 valence electrons. The van der Waals surface area contributed by atoms with Gasteiger partial charge in [0.1, 0.15) is 0 Å². The first-order valence-corrected chi connectivity index (χ1v) is 7.47. The second-order valence-electron chi connectivity index (χ2n) is 4.94. The van der Waals surface area contributed by atoms with Crippen LogP contribution in [0.4, 0.5) is 5.69 Å². The summed E-state index contributed by atoms with van der Waals surface area (Å²) in [4.78, 5) is 1.41. The average molecular weight is 259 g/mol. The van der Waals surface area contributed by atoms with Gasteiger partial charge in [0, 0.05) is 10.6 Å². The number of hydrogen-bond donors (Lipinski definition) is 1. The molecule has 1 aromatic carbocycles. The maximum absolute atomic E-state index is 3.67. The zero-order chi connectivity index (χ0) is 13.0. The Hall–Kier alpha value is -1.28. The lowest BCUT2D eigenvalue weighted by Crippen LogP contribution is -2.15. The predicted molar refractivity (Wildman–Crippen MR) is 81.3 cm³/mol. The lowest BCUT2D eigenvalue weighted by atomic mass is 10.0. The Bertz CT molecular complexity index is 474. The molecule has 0 aliphatic rings. The first-order chi connectivity index (χ1) is 8.70. The molecule has 1 heterocycles. The molecular formula is C16H21NS. The minimum Gasteiger partial charge on any atom is -0.377 e. The molecule has 0 aliphatic heterocycles. The molecule has 2 heteroatoms. The monoisotopic (exact) mass is 259 g/mol. The molecule has 2 aromatic rings. The fourth-order valence-corrected chi connectivity index (χ4v) is 3.04. The molecule has 1 unspecified atom stereocenters. The SMILES string of the molecule is CCc1cccc(NC(c2cccs2)C(C)C)c1. The Balaban J connectivity index is 2.18. The third kappa shape index (κ3) is 3.14. The van der Waals surface area contributed by atoms with Crippen LogP contribution < -0.4 is 5.32 Å². The highest BCUT2D eigenvalue weighted by Gasteiger charge is 2.16. The average Bonchev–Trinajstić information content (AvgIpc) is 2.89. The van der Waals surface area contributed by atoms with Crippen molar-refractivity contribution in [3.63, 3.8) is 0 Å². The number of thiophene rings is 1. The van der Waals surface area contributed by atoms with Crippen LogP contribution in [-0.4, -0.2) is 0 Å². The molecule has 1 atom stereocenters. The van der Waals surface area contributed by atoms with Crippen molar-refractivity contribution in [3.05, 3.63) is 52.2 Å². The maximum Gasteiger partial charge on any atom is 0.0629 e. The van der Waals surface area contributed by atoms with Crippen LogP contribution in [0, 0.1) is 5.92 Å². The van der Waals surface area contributed by atoms with Gasteiger partial charge in [0.2, 0.25) is 0 Å². The molecule has 0 bridgehead atoms. The van der Waals surface area contributed by atoms with E-state index in [-0.39, 0.29) is 0 Å². The van der Waals surface area contributed by atoms with Crippen LogP contribution in [0.2, 0.25) is 0 Å². The van der Waals surface area contributed by atoms with Crippen LogP contribution in [-0.2, 0) is 6.42 Å². The number of rotatable bonds is 5. The van der Waals surface area contributed by atoms with Crippen molar-refractivity contribution in [2.24, 2.45) is 5.92 Å². The van der Waals surface area contributed by atoms with Crippen LogP contribution in [0.1, 0.15) is 37.3 Å². The summed E-state index contributed by atoms with van der Waals surface area (Å²) in [5, 5.41) is 5.81. The summed E-state index contributed by atoms with van der Waals surface area (Å²) in [7, 11) is 0. The molecule has 0 aliphatic carbocycles. The van der Waals surface area contributed by atoms with E-state index in [0.717, 1.165) is 6.42 Å². The highest BCUT2D eigenvalue weighted by Crippen LogP contribution is 2.29. The molecule has 0 radical (unpaired) electrons. The Kier molecular flexibility index (Phi) is 4.43. The predicted octanol–water partition coefficient (Wildman–Crippen LogP) is 5.12. The van der Waals surface area contributed by atoms with Crippen LogP contribution in [0.3, 0.4) is 0 Å². The van der Waals surface area contributed by atoms with E-state index in [1.54, 1.807) is 0 Å². The van der Waals surface area contributed by atoms with E-state index in [9.17, 15) is 0 Å². The zero-order valence-electron chi connectivity index (χ0n) is 11.3. The summed E-state index contributed by atoms with van der Waals surface area (Å²) in [6.45, 7) is 6.72. The van der Waals surface area contributed by atoms with Crippen LogP contribution in [0.25, 0.3) is 0 Å². The molecule has 1 aromatic heterocycles. The first kappa shape index (κ1) is 13.2. The fraction of sp³-hybridized carbons (Fsp3) is 0.375. The summed E-state index contributed by atoms with van der Waals surface area (Å²) < 4.78 is 0. The van der Waals surface area contributed by atoms with E-state index >= 15 is 0 Å². The second-order valence-corrected chi connectivity index (χ2v) is 5.91. The third-order valence-corrected chi connectivity index (χ3v) is 4.13. The van der Waals surface area contributed by atoms with Gasteiger partial charge in [-0.3, -0.25) is 0 Å². The lowest BCUT2D eigenvalue weighted by Gasteiger charge is -2.22. The minimum absolute atomic E-state index is 0.400. The number of nitrogens with one attached hydrogen (secondary N) is 1. The van der Waals surface area contributed by atoms with Crippen molar-refractivity contribution in [1.82, 2.24) is 0 Å². The molecule has 0 amide bonds. The molecule has 0 saturated heterocycles. The van der Waals surface area contributed by atoms with Gasteiger partial charge in [-0.15, -0.1) is 11.3 Å². The Morgan fingerprint density at radius 2 is 2.00 bits per heavy atom. The normalized spacial score (nSPS) is 12.7. The Morgan fingerprint density at radius 3 is 2.61 bits per heavy atom. The zero-order valence-corrected chi connectivity index (χ0v) is 12.1. The minimum atomic E-state index is 0.400. The van der Waals surface area contributed by atoms with Crippen LogP contribution in [0.15, 0.2) is 41.8 Å². The number of hydrogen-bond acceptors (Lipinski definition) is 2. The van der Waals surface area contributed by atoms with E-state index < -0.39 is 0 Å². The maximum atomic E-state index is 3.67. The highest BCUT2D eigenvalue weighted by molar-refractivity contribution is 7.10. The van der Waals surface area contributed by atoms with Crippen LogP contribution >= 0.6 is 11.3 Å². The summed E-state index contributed by atoms with van der Waals surface area (Å²) in [5.41, 5.74) is 2.61. The van der Waals surface area contributed by atoms with Gasteiger partial charge in [-0.2, -0.15) is 0 Å². The highest BCUT2D eigenvalue weighted by atomic mass is 32.1. The van der Waals surface area contributed by atoms with Gasteiger partial charge < -0.3 is 5.32 Å². The third-order valence-electron chi connectivity index (χ3n) is 3.17. The summed E-state index contributed by atoms with van der Waals surface area (Å²) in [5.74, 6) is 0.578. The Morgan fingerprint density at radius 1 is 1.17 bits per heavy atom. The van der Waals surface area contributed by atoms with Crippen molar-refractivity contribution >= 4 is 17.0 Å². The molecule has 1 nitrogen and oxygen atoms in total. The summed E-state index contributed by atoms with van der Waals surface area (Å²) in [6.07, 6.45) is 1.08. The van der Waals surface area contributed by atoms with Gasteiger partial charge >= 0.3 is 0 Å². The van der Waals surface area contributed by atoms with Gasteiger partial charge in [0.25, 0.3) is 0 Å². The fourth-order valence-electron chi connectivity index (χ4n) is 2.10. The molecular weight excluding hydrogens is 238 g/mol. The Labute approximate surface area is 114 Å². The van der Waals surface area contributed by atoms with Crippen LogP contribution in [0.5, 0.6) is 0 Å². The van der Waals surface area contributed by atoms with E-state index in [4.69, 9.17) is 0 Å². The van der Waals surface area contributed by atoms with Crippen molar-refractivity contribution < 1.29 is 0 Å². The molecule has 0 saturated carbocycles. The van der Waals surface area contributed by atoms with Gasteiger partial charge in [-0.05, 0) is 41.5 Å². The molecule has 0 fully saturated rings. The summed E-state index contributed by atoms with van der Waals surface area (Å²) in [6, 6.07) is 13.5. The molecule has 1 N–H and O–H groups in total. The number of anilines is 1. The van der Waals surface area contributed by atoms with Crippen molar-refractivity contribution in [2.75, 3.05) is 5.32 Å². The molecule has 2 rings (SSSR count). The topological polar surface area (TPSA) is 12.0 Å². The van der Waals surface area contributed by atoms with Gasteiger partial charge in [0.05, 0.1) is 6.04 Å². The molecule has 0 spiro atoms. The van der Waals surface area contributed by atoms with Gasteiger partial charge in [-0.25, -0.2) is 0 Å². The van der Waals surface area contributed by atoms with E-state index in [2.05, 4.69) is 67.9 Å². The smallest absolute Gasteiger partial charge is 0.0629 e. The van der Waals surface area contributed by atoms with Gasteiger partial charge in [0.15, 0.2) is 0 Å². The number of aryl methyl sites for hydroxylation is 1.